The Bertz CT molecular complexity index is 1180. The van der Waals surface area contributed by atoms with E-state index < -0.39 is 6.10 Å². The second-order valence-corrected chi connectivity index (χ2v) is 18.5. The van der Waals surface area contributed by atoms with E-state index in [1.165, 1.54) is 148 Å². The standard InChI is InChI=1S/C59H104O6/c1-4-7-10-13-16-17-18-19-20-21-22-23-24-25-26-27-28-29-30-31-32-33-34-35-36-37-38-39-40-41-42-43-44-47-49-52-58(61)64-55-56(65-59(62)53-50-46-15-12-9-6-3)54-63-57(60)51-48-45-14-11-8-5-2/h7,10,16-17,19-20,22-23,25-26,56H,4-6,8-9,11-15,18,21,24,27-55H2,1-3H3/b10-7-,17-16-,20-19-,23-22-,26-25-. The number of hydrogen-bond acceptors (Lipinski definition) is 6. The minimum Gasteiger partial charge on any atom is -0.462 e. The molecule has 6 nitrogen and oxygen atoms in total. The normalized spacial score (nSPS) is 12.5. The Labute approximate surface area is 402 Å². The Morgan fingerprint density at radius 2 is 0.600 bits per heavy atom. The van der Waals surface area contributed by atoms with Gasteiger partial charge in [0, 0.05) is 19.3 Å². The van der Waals surface area contributed by atoms with Crippen molar-refractivity contribution in [1.82, 2.24) is 0 Å². The number of allylic oxidation sites excluding steroid dienone is 10. The van der Waals surface area contributed by atoms with Crippen LogP contribution in [0.1, 0.15) is 278 Å². The Morgan fingerprint density at radius 1 is 0.323 bits per heavy atom. The zero-order valence-electron chi connectivity index (χ0n) is 43.0. The van der Waals surface area contributed by atoms with Gasteiger partial charge in [0.15, 0.2) is 6.10 Å². The monoisotopic (exact) mass is 909 g/mol. The highest BCUT2D eigenvalue weighted by molar-refractivity contribution is 5.71. The SMILES string of the molecule is CC/C=C\C/C=C\C/C=C\C/C=C\C/C=C\CCCCCCCCCCCCCCCCCCCCCC(=O)OCC(COC(=O)CCCCCCCC)OC(=O)CCCCCCCC. The lowest BCUT2D eigenvalue weighted by Crippen LogP contribution is -2.30. The van der Waals surface area contributed by atoms with Crippen molar-refractivity contribution < 1.29 is 28.6 Å². The second kappa shape index (κ2) is 53.7. The van der Waals surface area contributed by atoms with Crippen molar-refractivity contribution in [1.29, 1.82) is 0 Å². The van der Waals surface area contributed by atoms with Crippen LogP contribution >= 0.6 is 0 Å². The van der Waals surface area contributed by atoms with Crippen LogP contribution in [0.2, 0.25) is 0 Å². The number of unbranched alkanes of at least 4 members (excludes halogenated alkanes) is 29. The quantitative estimate of drug-likeness (QED) is 0.0262. The van der Waals surface area contributed by atoms with Crippen LogP contribution in [0.5, 0.6) is 0 Å². The Hall–Kier alpha value is -2.89. The maximum absolute atomic E-state index is 12.6. The molecule has 0 saturated heterocycles. The molecule has 1 atom stereocenters. The van der Waals surface area contributed by atoms with Gasteiger partial charge in [0.2, 0.25) is 0 Å². The van der Waals surface area contributed by atoms with E-state index in [9.17, 15) is 14.4 Å². The molecule has 6 heteroatoms. The van der Waals surface area contributed by atoms with E-state index in [0.29, 0.717) is 19.3 Å². The van der Waals surface area contributed by atoms with Gasteiger partial charge in [0.25, 0.3) is 0 Å². The first-order valence-corrected chi connectivity index (χ1v) is 27.8. The predicted molar refractivity (Wildman–Crippen MR) is 279 cm³/mol. The fourth-order valence-corrected chi connectivity index (χ4v) is 7.88. The highest BCUT2D eigenvalue weighted by atomic mass is 16.6. The predicted octanol–water partition coefficient (Wildman–Crippen LogP) is 18.4. The van der Waals surface area contributed by atoms with Crippen molar-refractivity contribution >= 4 is 17.9 Å². The fraction of sp³-hybridized carbons (Fsp3) is 0.780. The van der Waals surface area contributed by atoms with E-state index in [1.54, 1.807) is 0 Å². The van der Waals surface area contributed by atoms with Crippen LogP contribution in [-0.4, -0.2) is 37.2 Å². The molecule has 0 fully saturated rings. The summed E-state index contributed by atoms with van der Waals surface area (Å²) >= 11 is 0. The number of rotatable bonds is 50. The molecule has 0 bridgehead atoms. The van der Waals surface area contributed by atoms with E-state index in [4.69, 9.17) is 14.2 Å². The maximum Gasteiger partial charge on any atom is 0.306 e. The summed E-state index contributed by atoms with van der Waals surface area (Å²) in [7, 11) is 0. The summed E-state index contributed by atoms with van der Waals surface area (Å²) in [6.45, 7) is 6.41. The van der Waals surface area contributed by atoms with Crippen molar-refractivity contribution in [2.75, 3.05) is 13.2 Å². The van der Waals surface area contributed by atoms with Gasteiger partial charge in [-0.1, -0.05) is 255 Å². The molecule has 0 N–H and O–H groups in total. The highest BCUT2D eigenvalue weighted by Crippen LogP contribution is 2.16. The minimum atomic E-state index is -0.761. The number of hydrogen-bond donors (Lipinski definition) is 0. The largest absolute Gasteiger partial charge is 0.462 e. The van der Waals surface area contributed by atoms with Gasteiger partial charge in [0.1, 0.15) is 13.2 Å². The molecule has 0 radical (unpaired) electrons. The molecule has 0 spiro atoms. The van der Waals surface area contributed by atoms with E-state index in [-0.39, 0.29) is 31.1 Å². The molecule has 376 valence electrons. The molecule has 0 saturated carbocycles. The molecule has 0 aliphatic rings. The van der Waals surface area contributed by atoms with Crippen LogP contribution in [0.15, 0.2) is 60.8 Å². The smallest absolute Gasteiger partial charge is 0.306 e. The third kappa shape index (κ3) is 51.9. The van der Waals surface area contributed by atoms with Crippen molar-refractivity contribution in [2.24, 2.45) is 0 Å². The van der Waals surface area contributed by atoms with Crippen LogP contribution in [-0.2, 0) is 28.6 Å². The lowest BCUT2D eigenvalue weighted by molar-refractivity contribution is -0.167. The molecular formula is C59H104O6. The van der Waals surface area contributed by atoms with Crippen LogP contribution in [0, 0.1) is 0 Å². The zero-order valence-corrected chi connectivity index (χ0v) is 43.0. The van der Waals surface area contributed by atoms with Gasteiger partial charge in [-0.25, -0.2) is 0 Å². The molecule has 1 unspecified atom stereocenters. The molecule has 0 aliphatic heterocycles. The van der Waals surface area contributed by atoms with E-state index in [2.05, 4.69) is 81.5 Å². The van der Waals surface area contributed by atoms with Gasteiger partial charge in [0.05, 0.1) is 0 Å². The van der Waals surface area contributed by atoms with Crippen LogP contribution in [0.3, 0.4) is 0 Å². The van der Waals surface area contributed by atoms with Gasteiger partial charge in [-0.3, -0.25) is 14.4 Å². The first-order chi connectivity index (χ1) is 32.0. The molecule has 0 aromatic heterocycles. The van der Waals surface area contributed by atoms with Gasteiger partial charge in [-0.2, -0.15) is 0 Å². The summed E-state index contributed by atoms with van der Waals surface area (Å²) in [5.74, 6) is -0.883. The van der Waals surface area contributed by atoms with Gasteiger partial charge >= 0.3 is 17.9 Å². The number of esters is 3. The van der Waals surface area contributed by atoms with Crippen LogP contribution < -0.4 is 0 Å². The van der Waals surface area contributed by atoms with Gasteiger partial charge in [-0.15, -0.1) is 0 Å². The van der Waals surface area contributed by atoms with Crippen molar-refractivity contribution in [3.63, 3.8) is 0 Å². The summed E-state index contributed by atoms with van der Waals surface area (Å²) in [4.78, 5) is 37.4. The average molecular weight is 909 g/mol. The third-order valence-electron chi connectivity index (χ3n) is 12.0. The van der Waals surface area contributed by atoms with Gasteiger partial charge < -0.3 is 14.2 Å². The van der Waals surface area contributed by atoms with Crippen LogP contribution in [0.4, 0.5) is 0 Å². The molecular weight excluding hydrogens is 805 g/mol. The summed E-state index contributed by atoms with van der Waals surface area (Å²) < 4.78 is 16.6. The second-order valence-electron chi connectivity index (χ2n) is 18.5. The molecule has 0 aromatic rings. The summed E-state index contributed by atoms with van der Waals surface area (Å²) in [6, 6.07) is 0. The van der Waals surface area contributed by atoms with Crippen molar-refractivity contribution in [3.8, 4) is 0 Å². The third-order valence-corrected chi connectivity index (χ3v) is 12.0. The Balaban J connectivity index is 3.77. The summed E-state index contributed by atoms with van der Waals surface area (Å²) in [5.41, 5.74) is 0. The molecule has 0 heterocycles. The zero-order chi connectivity index (χ0) is 47.2. The first-order valence-electron chi connectivity index (χ1n) is 27.8. The topological polar surface area (TPSA) is 78.9 Å². The highest BCUT2D eigenvalue weighted by Gasteiger charge is 2.19. The molecule has 0 amide bonds. The average Bonchev–Trinajstić information content (AvgIpc) is 3.30. The minimum absolute atomic E-state index is 0.0698. The fourth-order valence-electron chi connectivity index (χ4n) is 7.88. The number of carbonyl (C=O) groups is 3. The van der Waals surface area contributed by atoms with E-state index in [1.807, 2.05) is 0 Å². The molecule has 65 heavy (non-hydrogen) atoms. The summed E-state index contributed by atoms with van der Waals surface area (Å²) in [5, 5.41) is 0. The maximum atomic E-state index is 12.6. The molecule has 0 aliphatic carbocycles. The summed E-state index contributed by atoms with van der Waals surface area (Å²) in [6.07, 6.45) is 67.3. The number of ether oxygens (including phenoxy) is 3. The molecule has 0 rings (SSSR count). The van der Waals surface area contributed by atoms with Gasteiger partial charge in [-0.05, 0) is 64.2 Å². The van der Waals surface area contributed by atoms with E-state index in [0.717, 1.165) is 89.9 Å². The van der Waals surface area contributed by atoms with Crippen molar-refractivity contribution in [3.05, 3.63) is 60.8 Å². The molecule has 0 aromatic carbocycles. The van der Waals surface area contributed by atoms with E-state index >= 15 is 0 Å². The Morgan fingerprint density at radius 3 is 0.938 bits per heavy atom. The van der Waals surface area contributed by atoms with Crippen LogP contribution in [0.25, 0.3) is 0 Å². The first kappa shape index (κ1) is 62.1. The lowest BCUT2D eigenvalue weighted by atomic mass is 10.0. The van der Waals surface area contributed by atoms with Crippen molar-refractivity contribution in [2.45, 2.75) is 284 Å². The Kier molecular flexibility index (Phi) is 51.3. The number of carbonyl (C=O) groups excluding carboxylic acids is 3. The lowest BCUT2D eigenvalue weighted by Gasteiger charge is -2.18.